The van der Waals surface area contributed by atoms with Crippen LogP contribution in [0.2, 0.25) is 0 Å². The summed E-state index contributed by atoms with van der Waals surface area (Å²) in [4.78, 5) is 17.8. The third kappa shape index (κ3) is 2.96. The lowest BCUT2D eigenvalue weighted by Gasteiger charge is -2.15. The normalized spacial score (nSPS) is 10.3. The molecule has 0 aliphatic carbocycles. The summed E-state index contributed by atoms with van der Waals surface area (Å²) in [6, 6.07) is 4.74. The molecule has 0 aliphatic heterocycles. The van der Waals surface area contributed by atoms with E-state index in [-0.39, 0.29) is 5.56 Å². The van der Waals surface area contributed by atoms with E-state index < -0.39 is 29.0 Å². The number of hydrogen-bond acceptors (Lipinski definition) is 3. The fourth-order valence-corrected chi connectivity index (χ4v) is 1.74. The fraction of sp³-hybridized carbons (Fsp3) is 0.143. The summed E-state index contributed by atoms with van der Waals surface area (Å²) in [5.74, 6) is -4.69. The maximum atomic E-state index is 13.5. The maximum absolute atomic E-state index is 13.5. The highest BCUT2D eigenvalue weighted by Gasteiger charge is 2.18. The summed E-state index contributed by atoms with van der Waals surface area (Å²) < 4.78 is 39.5. The van der Waals surface area contributed by atoms with E-state index in [9.17, 15) is 18.0 Å². The van der Waals surface area contributed by atoms with Crippen LogP contribution in [0.1, 0.15) is 10.4 Å². The SMILES string of the molecule is CN(C)c1ncccc1C(=O)Nc1ccc(F)c(F)c1F. The highest BCUT2D eigenvalue weighted by atomic mass is 19.2. The molecular weight excluding hydrogens is 283 g/mol. The average molecular weight is 295 g/mol. The zero-order valence-corrected chi connectivity index (χ0v) is 11.3. The molecule has 0 aliphatic rings. The molecule has 0 spiro atoms. The number of amides is 1. The van der Waals surface area contributed by atoms with E-state index in [1.54, 1.807) is 25.1 Å². The summed E-state index contributed by atoms with van der Waals surface area (Å²) in [6.07, 6.45) is 1.50. The summed E-state index contributed by atoms with van der Waals surface area (Å²) in [5, 5.41) is 2.20. The van der Waals surface area contributed by atoms with E-state index in [1.807, 2.05) is 0 Å². The van der Waals surface area contributed by atoms with Crippen molar-refractivity contribution in [2.24, 2.45) is 0 Å². The first-order valence-corrected chi connectivity index (χ1v) is 5.99. The predicted octanol–water partition coefficient (Wildman–Crippen LogP) is 2.82. The zero-order chi connectivity index (χ0) is 15.6. The van der Waals surface area contributed by atoms with Gasteiger partial charge in [-0.1, -0.05) is 0 Å². The van der Waals surface area contributed by atoms with Gasteiger partial charge in [0.1, 0.15) is 5.82 Å². The first-order valence-electron chi connectivity index (χ1n) is 5.99. The number of rotatable bonds is 3. The van der Waals surface area contributed by atoms with E-state index >= 15 is 0 Å². The molecule has 2 aromatic rings. The molecule has 0 radical (unpaired) electrons. The van der Waals surface area contributed by atoms with Crippen molar-refractivity contribution < 1.29 is 18.0 Å². The predicted molar refractivity (Wildman–Crippen MR) is 72.8 cm³/mol. The minimum atomic E-state index is -1.63. The molecule has 0 unspecified atom stereocenters. The summed E-state index contributed by atoms with van der Waals surface area (Å²) in [7, 11) is 3.38. The smallest absolute Gasteiger partial charge is 0.259 e. The second-order valence-electron chi connectivity index (χ2n) is 4.45. The van der Waals surface area contributed by atoms with Crippen LogP contribution < -0.4 is 10.2 Å². The molecule has 21 heavy (non-hydrogen) atoms. The Balaban J connectivity index is 2.33. The quantitative estimate of drug-likeness (QED) is 0.886. The van der Waals surface area contributed by atoms with Crippen LogP contribution in [0, 0.1) is 17.5 Å². The van der Waals surface area contributed by atoms with E-state index in [0.717, 1.165) is 12.1 Å². The van der Waals surface area contributed by atoms with Gasteiger partial charge in [-0.2, -0.15) is 0 Å². The molecule has 0 saturated heterocycles. The molecule has 1 amide bonds. The molecule has 1 aromatic carbocycles. The number of benzene rings is 1. The average Bonchev–Trinajstić information content (AvgIpc) is 2.47. The van der Waals surface area contributed by atoms with Crippen LogP contribution in [-0.2, 0) is 0 Å². The van der Waals surface area contributed by atoms with Crippen LogP contribution in [-0.4, -0.2) is 25.0 Å². The van der Waals surface area contributed by atoms with Gasteiger partial charge in [-0.3, -0.25) is 4.79 Å². The molecule has 110 valence electrons. The lowest BCUT2D eigenvalue weighted by molar-refractivity contribution is 0.102. The molecule has 7 heteroatoms. The van der Waals surface area contributed by atoms with Gasteiger partial charge in [0.15, 0.2) is 17.5 Å². The van der Waals surface area contributed by atoms with Gasteiger partial charge in [0.05, 0.1) is 11.3 Å². The van der Waals surface area contributed by atoms with Gasteiger partial charge in [0, 0.05) is 20.3 Å². The molecule has 0 bridgehead atoms. The van der Waals surface area contributed by atoms with Crippen LogP contribution in [0.3, 0.4) is 0 Å². The summed E-state index contributed by atoms with van der Waals surface area (Å²) >= 11 is 0. The number of hydrogen-bond donors (Lipinski definition) is 1. The molecular formula is C14H12F3N3O. The van der Waals surface area contributed by atoms with Crippen molar-refractivity contribution >= 4 is 17.4 Å². The van der Waals surface area contributed by atoms with Crippen molar-refractivity contribution in [1.29, 1.82) is 0 Å². The van der Waals surface area contributed by atoms with Crippen molar-refractivity contribution in [1.82, 2.24) is 4.98 Å². The van der Waals surface area contributed by atoms with Crippen molar-refractivity contribution in [3.63, 3.8) is 0 Å². The van der Waals surface area contributed by atoms with Gasteiger partial charge >= 0.3 is 0 Å². The Morgan fingerprint density at radius 1 is 1.14 bits per heavy atom. The highest BCUT2D eigenvalue weighted by molar-refractivity contribution is 6.07. The Kier molecular flexibility index (Phi) is 4.11. The van der Waals surface area contributed by atoms with Crippen molar-refractivity contribution in [2.75, 3.05) is 24.3 Å². The van der Waals surface area contributed by atoms with Gasteiger partial charge in [0.25, 0.3) is 5.91 Å². The van der Waals surface area contributed by atoms with Crippen LogP contribution >= 0.6 is 0 Å². The maximum Gasteiger partial charge on any atom is 0.259 e. The largest absolute Gasteiger partial charge is 0.362 e. The number of carbonyl (C=O) groups excluding carboxylic acids is 1. The monoisotopic (exact) mass is 295 g/mol. The van der Waals surface area contributed by atoms with E-state index in [2.05, 4.69) is 10.3 Å². The van der Waals surface area contributed by atoms with Gasteiger partial charge in [-0.25, -0.2) is 18.2 Å². The Labute approximate surface area is 119 Å². The molecule has 1 aromatic heterocycles. The molecule has 4 nitrogen and oxygen atoms in total. The number of halogens is 3. The van der Waals surface area contributed by atoms with Crippen LogP contribution in [0.4, 0.5) is 24.7 Å². The first kappa shape index (κ1) is 14.8. The summed E-state index contributed by atoms with van der Waals surface area (Å²) in [6.45, 7) is 0. The van der Waals surface area contributed by atoms with Crippen LogP contribution in [0.25, 0.3) is 0 Å². The Hall–Kier alpha value is -2.57. The highest BCUT2D eigenvalue weighted by Crippen LogP contribution is 2.22. The number of pyridine rings is 1. The summed E-state index contributed by atoms with van der Waals surface area (Å²) in [5.41, 5.74) is -0.251. The lowest BCUT2D eigenvalue weighted by atomic mass is 10.2. The lowest BCUT2D eigenvalue weighted by Crippen LogP contribution is -2.20. The van der Waals surface area contributed by atoms with Crippen LogP contribution in [0.5, 0.6) is 0 Å². The van der Waals surface area contributed by atoms with Crippen LogP contribution in [0.15, 0.2) is 30.5 Å². The Morgan fingerprint density at radius 2 is 1.86 bits per heavy atom. The number of nitrogens with zero attached hydrogens (tertiary/aromatic N) is 2. The Bertz CT molecular complexity index is 689. The van der Waals surface area contributed by atoms with Crippen molar-refractivity contribution in [3.8, 4) is 0 Å². The van der Waals surface area contributed by atoms with Crippen molar-refractivity contribution in [2.45, 2.75) is 0 Å². The minimum Gasteiger partial charge on any atom is -0.362 e. The van der Waals surface area contributed by atoms with Gasteiger partial charge in [-0.15, -0.1) is 0 Å². The zero-order valence-electron chi connectivity index (χ0n) is 11.3. The standard InChI is InChI=1S/C14H12F3N3O/c1-20(2)13-8(4-3-7-18-13)14(21)19-10-6-5-9(15)11(16)12(10)17/h3-7H,1-2H3,(H,19,21). The molecule has 1 N–H and O–H groups in total. The Morgan fingerprint density at radius 3 is 2.52 bits per heavy atom. The number of anilines is 2. The molecule has 0 saturated carbocycles. The molecule has 2 rings (SSSR count). The fourth-order valence-electron chi connectivity index (χ4n) is 1.74. The van der Waals surface area contributed by atoms with Gasteiger partial charge in [-0.05, 0) is 24.3 Å². The molecule has 1 heterocycles. The third-order valence-electron chi connectivity index (χ3n) is 2.74. The number of nitrogens with one attached hydrogen (secondary N) is 1. The number of carbonyl (C=O) groups is 1. The third-order valence-corrected chi connectivity index (χ3v) is 2.74. The minimum absolute atomic E-state index is 0.187. The molecule has 0 atom stereocenters. The molecule has 0 fully saturated rings. The van der Waals surface area contributed by atoms with Gasteiger partial charge < -0.3 is 10.2 Å². The topological polar surface area (TPSA) is 45.2 Å². The van der Waals surface area contributed by atoms with Crippen molar-refractivity contribution in [3.05, 3.63) is 53.5 Å². The number of aromatic nitrogens is 1. The van der Waals surface area contributed by atoms with E-state index in [4.69, 9.17) is 0 Å². The van der Waals surface area contributed by atoms with E-state index in [0.29, 0.717) is 5.82 Å². The van der Waals surface area contributed by atoms with E-state index in [1.165, 1.54) is 12.3 Å². The second kappa shape index (κ2) is 5.82. The first-order chi connectivity index (χ1) is 9.91. The second-order valence-corrected chi connectivity index (χ2v) is 4.45. The van der Waals surface area contributed by atoms with Gasteiger partial charge in [0.2, 0.25) is 0 Å².